The van der Waals surface area contributed by atoms with Crippen molar-refractivity contribution in [2.75, 3.05) is 19.6 Å². The van der Waals surface area contributed by atoms with Gasteiger partial charge in [-0.15, -0.1) is 11.3 Å². The van der Waals surface area contributed by atoms with Crippen LogP contribution in [0, 0.1) is 6.92 Å². The van der Waals surface area contributed by atoms with Gasteiger partial charge >= 0.3 is 0 Å². The van der Waals surface area contributed by atoms with Crippen LogP contribution in [0.5, 0.6) is 0 Å². The summed E-state index contributed by atoms with van der Waals surface area (Å²) < 4.78 is 27.0. The van der Waals surface area contributed by atoms with Crippen molar-refractivity contribution in [3.63, 3.8) is 0 Å². The van der Waals surface area contributed by atoms with E-state index in [1.54, 1.807) is 10.4 Å². The number of sulfonamides is 1. The van der Waals surface area contributed by atoms with Crippen molar-refractivity contribution in [3.05, 3.63) is 28.7 Å². The monoisotopic (exact) mass is 300 g/mol. The lowest BCUT2D eigenvalue weighted by molar-refractivity contribution is 0.439. The van der Waals surface area contributed by atoms with E-state index in [2.05, 4.69) is 5.32 Å². The summed E-state index contributed by atoms with van der Waals surface area (Å²) in [5.74, 6) is 0. The van der Waals surface area contributed by atoms with Gasteiger partial charge in [0, 0.05) is 24.5 Å². The minimum absolute atomic E-state index is 0.466. The van der Waals surface area contributed by atoms with Crippen LogP contribution in [0.4, 0.5) is 0 Å². The van der Waals surface area contributed by atoms with E-state index in [4.69, 9.17) is 0 Å². The first-order chi connectivity index (χ1) is 9.05. The van der Waals surface area contributed by atoms with E-state index in [0.717, 1.165) is 30.0 Å². The smallest absolute Gasteiger partial charge is 0.252 e. The second-order valence-electron chi connectivity index (χ2n) is 4.58. The van der Waals surface area contributed by atoms with Crippen molar-refractivity contribution in [3.8, 4) is 0 Å². The molecule has 1 aromatic heterocycles. The number of nitrogens with one attached hydrogen (secondary N) is 1. The Labute approximate surface area is 119 Å². The molecule has 0 aromatic carbocycles. The molecule has 0 saturated heterocycles. The molecular weight excluding hydrogens is 280 g/mol. The molecule has 4 nitrogen and oxygen atoms in total. The third-order valence-corrected chi connectivity index (χ3v) is 6.70. The highest BCUT2D eigenvalue weighted by atomic mass is 32.2. The summed E-state index contributed by atoms with van der Waals surface area (Å²) in [5, 5.41) is 3.24. The van der Waals surface area contributed by atoms with Gasteiger partial charge in [0.15, 0.2) is 0 Å². The molecule has 106 valence electrons. The Morgan fingerprint density at radius 3 is 2.84 bits per heavy atom. The molecule has 0 fully saturated rings. The lowest BCUT2D eigenvalue weighted by Gasteiger charge is -2.21. The van der Waals surface area contributed by atoms with Gasteiger partial charge in [-0.3, -0.25) is 0 Å². The third-order valence-electron chi connectivity index (χ3n) is 3.15. The van der Waals surface area contributed by atoms with Gasteiger partial charge in [-0.1, -0.05) is 19.1 Å². The maximum Gasteiger partial charge on any atom is 0.252 e. The standard InChI is InChI=1S/C13H20N2O2S2/c1-3-14-10-12-11(2)9-13(18-12)19(16,17)15-7-5-4-6-8-15/h4-5,9,14H,3,6-8,10H2,1-2H3. The molecule has 0 spiro atoms. The molecule has 19 heavy (non-hydrogen) atoms. The van der Waals surface area contributed by atoms with Crippen molar-refractivity contribution in [1.82, 2.24) is 9.62 Å². The van der Waals surface area contributed by atoms with Crippen LogP contribution in [0.15, 0.2) is 22.4 Å². The van der Waals surface area contributed by atoms with Crippen LogP contribution in [0.1, 0.15) is 23.8 Å². The molecular formula is C13H20N2O2S2. The van der Waals surface area contributed by atoms with Gasteiger partial charge in [0.05, 0.1) is 0 Å². The Morgan fingerprint density at radius 1 is 1.42 bits per heavy atom. The summed E-state index contributed by atoms with van der Waals surface area (Å²) in [6.45, 7) is 6.71. The number of rotatable bonds is 5. The zero-order valence-electron chi connectivity index (χ0n) is 11.3. The molecule has 1 aliphatic rings. The van der Waals surface area contributed by atoms with Crippen LogP contribution in [-0.4, -0.2) is 32.4 Å². The normalized spacial score (nSPS) is 16.9. The van der Waals surface area contributed by atoms with Gasteiger partial charge in [-0.2, -0.15) is 4.31 Å². The van der Waals surface area contributed by atoms with Gasteiger partial charge in [-0.25, -0.2) is 8.42 Å². The predicted octanol–water partition coefficient (Wildman–Crippen LogP) is 2.12. The highest BCUT2D eigenvalue weighted by Gasteiger charge is 2.26. The van der Waals surface area contributed by atoms with E-state index in [-0.39, 0.29) is 0 Å². The minimum Gasteiger partial charge on any atom is -0.312 e. The molecule has 0 amide bonds. The van der Waals surface area contributed by atoms with Crippen LogP contribution in [0.25, 0.3) is 0 Å². The van der Waals surface area contributed by atoms with Gasteiger partial charge < -0.3 is 5.32 Å². The molecule has 1 aromatic rings. The summed E-state index contributed by atoms with van der Waals surface area (Å²) in [5.41, 5.74) is 1.05. The molecule has 6 heteroatoms. The van der Waals surface area contributed by atoms with Crippen LogP contribution >= 0.6 is 11.3 Å². The van der Waals surface area contributed by atoms with Gasteiger partial charge in [0.1, 0.15) is 4.21 Å². The zero-order valence-corrected chi connectivity index (χ0v) is 13.0. The van der Waals surface area contributed by atoms with Crippen LogP contribution < -0.4 is 5.32 Å². The SMILES string of the molecule is CCNCc1sc(S(=O)(=O)N2CC=CCC2)cc1C. The van der Waals surface area contributed by atoms with Crippen molar-refractivity contribution in [2.45, 2.75) is 31.0 Å². The van der Waals surface area contributed by atoms with Crippen molar-refractivity contribution >= 4 is 21.4 Å². The first kappa shape index (κ1) is 14.7. The molecule has 2 rings (SSSR count). The second kappa shape index (κ2) is 6.17. The average Bonchev–Trinajstić information content (AvgIpc) is 2.79. The van der Waals surface area contributed by atoms with Gasteiger partial charge in [-0.05, 0) is 31.5 Å². The van der Waals surface area contributed by atoms with E-state index >= 15 is 0 Å². The van der Waals surface area contributed by atoms with Crippen molar-refractivity contribution < 1.29 is 8.42 Å². The number of nitrogens with zero attached hydrogens (tertiary/aromatic N) is 1. The molecule has 0 unspecified atom stereocenters. The van der Waals surface area contributed by atoms with E-state index < -0.39 is 10.0 Å². The maximum absolute atomic E-state index is 12.5. The molecule has 1 N–H and O–H groups in total. The van der Waals surface area contributed by atoms with Crippen LogP contribution in [0.2, 0.25) is 0 Å². The number of hydrogen-bond acceptors (Lipinski definition) is 4. The molecule has 2 heterocycles. The fourth-order valence-electron chi connectivity index (χ4n) is 2.00. The molecule has 0 saturated carbocycles. The fourth-order valence-corrected chi connectivity index (χ4v) is 5.12. The number of thiophene rings is 1. The van der Waals surface area contributed by atoms with Crippen LogP contribution in [0.3, 0.4) is 0 Å². The predicted molar refractivity (Wildman–Crippen MR) is 79.0 cm³/mol. The van der Waals surface area contributed by atoms with E-state index in [1.165, 1.54) is 11.3 Å². The van der Waals surface area contributed by atoms with Crippen molar-refractivity contribution in [2.24, 2.45) is 0 Å². The molecule has 1 aliphatic heterocycles. The topological polar surface area (TPSA) is 49.4 Å². The Bertz CT molecular complexity index is 561. The van der Waals surface area contributed by atoms with Crippen LogP contribution in [-0.2, 0) is 16.6 Å². The summed E-state index contributed by atoms with van der Waals surface area (Å²) in [6.07, 6.45) is 4.75. The third kappa shape index (κ3) is 3.25. The first-order valence-corrected chi connectivity index (χ1v) is 8.76. The van der Waals surface area contributed by atoms with E-state index in [1.807, 2.05) is 26.0 Å². The number of aryl methyl sites for hydroxylation is 1. The Kier molecular flexibility index (Phi) is 4.78. The highest BCUT2D eigenvalue weighted by Crippen LogP contribution is 2.29. The van der Waals surface area contributed by atoms with Gasteiger partial charge in [0.2, 0.25) is 0 Å². The van der Waals surface area contributed by atoms with E-state index in [9.17, 15) is 8.42 Å². The van der Waals surface area contributed by atoms with E-state index in [0.29, 0.717) is 17.3 Å². The molecule has 0 radical (unpaired) electrons. The summed E-state index contributed by atoms with van der Waals surface area (Å²) in [4.78, 5) is 1.10. The quantitative estimate of drug-likeness (QED) is 0.847. The first-order valence-electron chi connectivity index (χ1n) is 6.51. The molecule has 0 bridgehead atoms. The molecule has 0 atom stereocenters. The Hall–Kier alpha value is -0.690. The van der Waals surface area contributed by atoms with Gasteiger partial charge in [0.25, 0.3) is 10.0 Å². The van der Waals surface area contributed by atoms with Crippen molar-refractivity contribution in [1.29, 1.82) is 0 Å². The minimum atomic E-state index is -3.32. The second-order valence-corrected chi connectivity index (χ2v) is 7.88. The zero-order chi connectivity index (χ0) is 13.9. The maximum atomic E-state index is 12.5. The largest absolute Gasteiger partial charge is 0.312 e. The summed E-state index contributed by atoms with van der Waals surface area (Å²) >= 11 is 1.38. The lowest BCUT2D eigenvalue weighted by Crippen LogP contribution is -2.33. The average molecular weight is 300 g/mol. The summed E-state index contributed by atoms with van der Waals surface area (Å²) in [6, 6.07) is 1.80. The lowest BCUT2D eigenvalue weighted by atomic mass is 10.3. The number of hydrogen-bond donors (Lipinski definition) is 1. The Morgan fingerprint density at radius 2 is 2.21 bits per heavy atom. The Balaban J connectivity index is 2.23. The molecule has 0 aliphatic carbocycles. The summed E-state index contributed by atoms with van der Waals surface area (Å²) in [7, 11) is -3.32. The fraction of sp³-hybridized carbons (Fsp3) is 0.538. The highest BCUT2D eigenvalue weighted by molar-refractivity contribution is 7.91.